The van der Waals surface area contributed by atoms with Gasteiger partial charge in [0.25, 0.3) is 17.7 Å². The van der Waals surface area contributed by atoms with Crippen molar-refractivity contribution in [3.05, 3.63) is 89.5 Å². The molecule has 1 aliphatic heterocycles. The highest BCUT2D eigenvalue weighted by molar-refractivity contribution is 6.34. The molecule has 0 radical (unpaired) electrons. The van der Waals surface area contributed by atoms with Gasteiger partial charge in [0.15, 0.2) is 0 Å². The molecule has 27 heavy (non-hydrogen) atoms. The number of amides is 3. The molecule has 0 bridgehead atoms. The molecule has 6 nitrogen and oxygen atoms in total. The van der Waals surface area contributed by atoms with E-state index in [9.17, 15) is 14.4 Å². The van der Waals surface area contributed by atoms with Crippen LogP contribution in [0.5, 0.6) is 0 Å². The summed E-state index contributed by atoms with van der Waals surface area (Å²) in [5.41, 5.74) is 8.16. The fourth-order valence-electron chi connectivity index (χ4n) is 2.97. The Hall–Kier alpha value is -3.93. The molecule has 1 heterocycles. The maximum atomic E-state index is 12.8. The lowest BCUT2D eigenvalue weighted by Gasteiger charge is -2.13. The highest BCUT2D eigenvalue weighted by Crippen LogP contribution is 2.30. The summed E-state index contributed by atoms with van der Waals surface area (Å²) >= 11 is 0. The number of benzene rings is 3. The fraction of sp³-hybridized carbons (Fsp3) is 0. The number of anilines is 3. The van der Waals surface area contributed by atoms with Crippen molar-refractivity contribution in [2.75, 3.05) is 16.0 Å². The summed E-state index contributed by atoms with van der Waals surface area (Å²) in [6, 6.07) is 19.9. The zero-order valence-corrected chi connectivity index (χ0v) is 14.2. The Balaban J connectivity index is 1.62. The maximum Gasteiger partial charge on any atom is 0.266 e. The van der Waals surface area contributed by atoms with Gasteiger partial charge in [-0.05, 0) is 54.6 Å². The fourth-order valence-corrected chi connectivity index (χ4v) is 2.97. The van der Waals surface area contributed by atoms with Crippen molar-refractivity contribution in [1.82, 2.24) is 0 Å². The van der Waals surface area contributed by atoms with Crippen LogP contribution in [-0.4, -0.2) is 17.7 Å². The SMILES string of the molecule is Nc1ccc(N2C(=O)c3ccc(NC(=O)c4ccccc4)cc3C2=O)cc1. The van der Waals surface area contributed by atoms with Crippen LogP contribution in [0.3, 0.4) is 0 Å². The Labute approximate surface area is 155 Å². The summed E-state index contributed by atoms with van der Waals surface area (Å²) in [5, 5.41) is 2.75. The minimum Gasteiger partial charge on any atom is -0.399 e. The second-order valence-electron chi connectivity index (χ2n) is 6.12. The molecule has 3 aromatic carbocycles. The van der Waals surface area contributed by atoms with E-state index in [1.165, 1.54) is 6.07 Å². The van der Waals surface area contributed by atoms with Gasteiger partial charge >= 0.3 is 0 Å². The first-order valence-electron chi connectivity index (χ1n) is 8.29. The van der Waals surface area contributed by atoms with Crippen LogP contribution in [-0.2, 0) is 0 Å². The van der Waals surface area contributed by atoms with E-state index in [-0.39, 0.29) is 11.5 Å². The van der Waals surface area contributed by atoms with Crippen LogP contribution in [0.4, 0.5) is 17.1 Å². The molecular weight excluding hydrogens is 342 g/mol. The molecule has 0 spiro atoms. The van der Waals surface area contributed by atoms with E-state index in [1.54, 1.807) is 60.7 Å². The lowest BCUT2D eigenvalue weighted by molar-refractivity contribution is 0.0924. The predicted molar refractivity (Wildman–Crippen MR) is 103 cm³/mol. The average Bonchev–Trinajstić information content (AvgIpc) is 2.93. The topological polar surface area (TPSA) is 92.5 Å². The van der Waals surface area contributed by atoms with Crippen molar-refractivity contribution in [3.63, 3.8) is 0 Å². The quantitative estimate of drug-likeness (QED) is 0.555. The number of nitrogens with one attached hydrogen (secondary N) is 1. The number of nitrogens with zero attached hydrogens (tertiary/aromatic N) is 1. The van der Waals surface area contributed by atoms with Crippen molar-refractivity contribution in [2.45, 2.75) is 0 Å². The van der Waals surface area contributed by atoms with Gasteiger partial charge in [0, 0.05) is 16.9 Å². The number of nitrogens with two attached hydrogens (primary N) is 1. The van der Waals surface area contributed by atoms with Gasteiger partial charge in [-0.1, -0.05) is 18.2 Å². The van der Waals surface area contributed by atoms with Gasteiger partial charge in [-0.25, -0.2) is 4.90 Å². The molecule has 132 valence electrons. The van der Waals surface area contributed by atoms with Gasteiger partial charge in [0.05, 0.1) is 16.8 Å². The van der Waals surface area contributed by atoms with Crippen LogP contribution in [0.1, 0.15) is 31.1 Å². The summed E-state index contributed by atoms with van der Waals surface area (Å²) in [7, 11) is 0. The zero-order chi connectivity index (χ0) is 19.0. The first kappa shape index (κ1) is 16.5. The zero-order valence-electron chi connectivity index (χ0n) is 14.2. The number of hydrogen-bond acceptors (Lipinski definition) is 4. The Morgan fingerprint density at radius 1 is 0.815 bits per heavy atom. The Morgan fingerprint density at radius 2 is 1.48 bits per heavy atom. The first-order valence-corrected chi connectivity index (χ1v) is 8.29. The van der Waals surface area contributed by atoms with Gasteiger partial charge < -0.3 is 11.1 Å². The van der Waals surface area contributed by atoms with Crippen LogP contribution in [0, 0.1) is 0 Å². The van der Waals surface area contributed by atoms with E-state index in [1.807, 2.05) is 6.07 Å². The molecular formula is C21H15N3O3. The number of carbonyl (C=O) groups excluding carboxylic acids is 3. The Kier molecular flexibility index (Phi) is 3.93. The van der Waals surface area contributed by atoms with E-state index in [0.29, 0.717) is 28.2 Å². The van der Waals surface area contributed by atoms with Crippen LogP contribution < -0.4 is 16.0 Å². The normalized spacial score (nSPS) is 12.8. The lowest BCUT2D eigenvalue weighted by Crippen LogP contribution is -2.29. The van der Waals surface area contributed by atoms with E-state index in [4.69, 9.17) is 5.73 Å². The largest absolute Gasteiger partial charge is 0.399 e. The van der Waals surface area contributed by atoms with Gasteiger partial charge in [-0.2, -0.15) is 0 Å². The standard InChI is InChI=1S/C21H15N3O3/c22-14-6-9-16(10-7-14)24-20(26)17-11-8-15(12-18(17)21(24)27)23-19(25)13-4-2-1-3-5-13/h1-12H,22H2,(H,23,25). The van der Waals surface area contributed by atoms with Gasteiger partial charge in [-0.15, -0.1) is 0 Å². The molecule has 0 saturated carbocycles. The highest BCUT2D eigenvalue weighted by Gasteiger charge is 2.36. The number of fused-ring (bicyclic) bond motifs is 1. The highest BCUT2D eigenvalue weighted by atomic mass is 16.2. The summed E-state index contributed by atoms with van der Waals surface area (Å²) in [6.07, 6.45) is 0. The van der Waals surface area contributed by atoms with Crippen molar-refractivity contribution < 1.29 is 14.4 Å². The monoisotopic (exact) mass is 357 g/mol. The summed E-state index contributed by atoms with van der Waals surface area (Å²) in [6.45, 7) is 0. The molecule has 3 aromatic rings. The van der Waals surface area contributed by atoms with Gasteiger partial charge in [0.2, 0.25) is 0 Å². The Bertz CT molecular complexity index is 1060. The number of imide groups is 1. The molecule has 0 atom stereocenters. The van der Waals surface area contributed by atoms with Crippen LogP contribution >= 0.6 is 0 Å². The van der Waals surface area contributed by atoms with E-state index in [0.717, 1.165) is 4.90 Å². The van der Waals surface area contributed by atoms with Crippen molar-refractivity contribution >= 4 is 34.8 Å². The van der Waals surface area contributed by atoms with Crippen molar-refractivity contribution in [3.8, 4) is 0 Å². The first-order chi connectivity index (χ1) is 13.0. The summed E-state index contributed by atoms with van der Waals surface area (Å²) < 4.78 is 0. The third-order valence-corrected chi connectivity index (χ3v) is 4.33. The lowest BCUT2D eigenvalue weighted by atomic mass is 10.1. The second kappa shape index (κ2) is 6.42. The molecule has 0 fully saturated rings. The van der Waals surface area contributed by atoms with E-state index < -0.39 is 11.8 Å². The number of nitrogen functional groups attached to an aromatic ring is 1. The van der Waals surface area contributed by atoms with Crippen LogP contribution in [0.2, 0.25) is 0 Å². The molecule has 0 saturated heterocycles. The molecule has 3 amide bonds. The summed E-state index contributed by atoms with van der Waals surface area (Å²) in [5.74, 6) is -1.13. The maximum absolute atomic E-state index is 12.8. The van der Waals surface area contributed by atoms with Gasteiger partial charge in [0.1, 0.15) is 0 Å². The molecule has 1 aliphatic rings. The van der Waals surface area contributed by atoms with E-state index >= 15 is 0 Å². The van der Waals surface area contributed by atoms with Crippen LogP contribution in [0.15, 0.2) is 72.8 Å². The second-order valence-corrected chi connectivity index (χ2v) is 6.12. The minimum atomic E-state index is -0.435. The van der Waals surface area contributed by atoms with Crippen molar-refractivity contribution in [1.29, 1.82) is 0 Å². The molecule has 0 aliphatic carbocycles. The number of rotatable bonds is 3. The van der Waals surface area contributed by atoms with Crippen molar-refractivity contribution in [2.24, 2.45) is 0 Å². The number of hydrogen-bond donors (Lipinski definition) is 2. The third kappa shape index (κ3) is 2.93. The third-order valence-electron chi connectivity index (χ3n) is 4.33. The average molecular weight is 357 g/mol. The Morgan fingerprint density at radius 3 is 2.19 bits per heavy atom. The molecule has 6 heteroatoms. The van der Waals surface area contributed by atoms with Gasteiger partial charge in [-0.3, -0.25) is 14.4 Å². The number of carbonyl (C=O) groups is 3. The molecule has 4 rings (SSSR count). The molecule has 0 aromatic heterocycles. The smallest absolute Gasteiger partial charge is 0.266 e. The molecule has 0 unspecified atom stereocenters. The molecule has 3 N–H and O–H groups in total. The van der Waals surface area contributed by atoms with Crippen LogP contribution in [0.25, 0.3) is 0 Å². The summed E-state index contributed by atoms with van der Waals surface area (Å²) in [4.78, 5) is 38.8. The van der Waals surface area contributed by atoms with E-state index in [2.05, 4.69) is 5.32 Å². The minimum absolute atomic E-state index is 0.252. The predicted octanol–water partition coefficient (Wildman–Crippen LogP) is 3.32.